The first-order valence-corrected chi connectivity index (χ1v) is 5.70. The zero-order valence-electron chi connectivity index (χ0n) is 9.57. The number of phenols is 1. The molecule has 0 aromatic heterocycles. The highest BCUT2D eigenvalue weighted by molar-refractivity contribution is 9.10. The van der Waals surface area contributed by atoms with Crippen LogP contribution in [0.1, 0.15) is 12.5 Å². The summed E-state index contributed by atoms with van der Waals surface area (Å²) in [5.74, 6) is 0.570. The lowest BCUT2D eigenvalue weighted by Crippen LogP contribution is -2.02. The predicted molar refractivity (Wildman–Crippen MR) is 68.3 cm³/mol. The van der Waals surface area contributed by atoms with Gasteiger partial charge in [-0.15, -0.1) is 0 Å². The molecule has 0 unspecified atom stereocenters. The van der Waals surface area contributed by atoms with Crippen molar-refractivity contribution in [2.24, 2.45) is 5.10 Å². The van der Waals surface area contributed by atoms with Gasteiger partial charge in [0.15, 0.2) is 11.5 Å². The molecule has 4 nitrogen and oxygen atoms in total. The topological polar surface area (TPSA) is 45.1 Å². The van der Waals surface area contributed by atoms with Gasteiger partial charge < -0.3 is 14.9 Å². The molecule has 1 aromatic rings. The lowest BCUT2D eigenvalue weighted by Gasteiger charge is -2.09. The first-order chi connectivity index (χ1) is 7.54. The van der Waals surface area contributed by atoms with E-state index in [2.05, 4.69) is 21.0 Å². The zero-order valence-corrected chi connectivity index (χ0v) is 11.2. The molecule has 0 saturated heterocycles. The van der Waals surface area contributed by atoms with Crippen LogP contribution in [0.5, 0.6) is 11.5 Å². The molecule has 0 aliphatic heterocycles. The maximum atomic E-state index is 9.70. The molecule has 0 amide bonds. The summed E-state index contributed by atoms with van der Waals surface area (Å²) < 4.78 is 5.91. The fourth-order valence-electron chi connectivity index (χ4n) is 1.12. The van der Waals surface area contributed by atoms with Crippen molar-refractivity contribution in [1.29, 1.82) is 0 Å². The van der Waals surface area contributed by atoms with E-state index in [0.717, 1.165) is 5.56 Å². The number of hydrogen-bond acceptors (Lipinski definition) is 4. The molecule has 0 spiro atoms. The number of rotatable bonds is 4. The van der Waals surface area contributed by atoms with E-state index in [9.17, 15) is 5.11 Å². The standard InChI is InChI=1S/C11H15BrN2O2/c1-4-16-10-6-8(7-13-14(2)3)5-9(12)11(10)15/h5-7,15H,4H2,1-3H3/b13-7+. The Balaban J connectivity index is 3.03. The summed E-state index contributed by atoms with van der Waals surface area (Å²) in [6, 6.07) is 3.53. The van der Waals surface area contributed by atoms with Crippen molar-refractivity contribution in [3.8, 4) is 11.5 Å². The van der Waals surface area contributed by atoms with E-state index in [1.165, 1.54) is 0 Å². The second-order valence-electron chi connectivity index (χ2n) is 3.37. The molecule has 1 rings (SSSR count). The Bertz CT molecular complexity index is 392. The van der Waals surface area contributed by atoms with E-state index in [0.29, 0.717) is 16.8 Å². The summed E-state index contributed by atoms with van der Waals surface area (Å²) in [4.78, 5) is 0. The smallest absolute Gasteiger partial charge is 0.172 e. The van der Waals surface area contributed by atoms with Gasteiger partial charge in [-0.2, -0.15) is 5.10 Å². The molecule has 88 valence electrons. The van der Waals surface area contributed by atoms with Crippen LogP contribution in [0.3, 0.4) is 0 Å². The maximum Gasteiger partial charge on any atom is 0.172 e. The minimum absolute atomic E-state index is 0.115. The van der Waals surface area contributed by atoms with Crippen molar-refractivity contribution in [1.82, 2.24) is 5.01 Å². The molecule has 0 bridgehead atoms. The minimum atomic E-state index is 0.115. The molecule has 1 N–H and O–H groups in total. The second-order valence-corrected chi connectivity index (χ2v) is 4.23. The first kappa shape index (κ1) is 12.8. The normalized spacial score (nSPS) is 10.8. The summed E-state index contributed by atoms with van der Waals surface area (Å²) in [6.07, 6.45) is 1.70. The summed E-state index contributed by atoms with van der Waals surface area (Å²) >= 11 is 3.27. The van der Waals surface area contributed by atoms with Gasteiger partial charge in [-0.05, 0) is 40.5 Å². The third-order valence-electron chi connectivity index (χ3n) is 1.79. The average molecular weight is 287 g/mol. The molecule has 0 saturated carbocycles. The van der Waals surface area contributed by atoms with Gasteiger partial charge in [0, 0.05) is 14.1 Å². The molecule has 0 aliphatic carbocycles. The van der Waals surface area contributed by atoms with Gasteiger partial charge in [0.25, 0.3) is 0 Å². The van der Waals surface area contributed by atoms with Gasteiger partial charge in [0.2, 0.25) is 0 Å². The molecule has 0 atom stereocenters. The summed E-state index contributed by atoms with van der Waals surface area (Å²) in [7, 11) is 3.69. The Kier molecular flexibility index (Phi) is 4.61. The van der Waals surface area contributed by atoms with Crippen LogP contribution in [0.4, 0.5) is 0 Å². The quantitative estimate of drug-likeness (QED) is 0.683. The van der Waals surface area contributed by atoms with Crippen LogP contribution in [0.25, 0.3) is 0 Å². The molecule has 0 fully saturated rings. The number of ether oxygens (including phenoxy) is 1. The van der Waals surface area contributed by atoms with Crippen LogP contribution in [0.15, 0.2) is 21.7 Å². The Labute approximate surface area is 104 Å². The van der Waals surface area contributed by atoms with Crippen molar-refractivity contribution < 1.29 is 9.84 Å². The largest absolute Gasteiger partial charge is 0.503 e. The SMILES string of the molecule is CCOc1cc(/C=N/N(C)C)cc(Br)c1O. The highest BCUT2D eigenvalue weighted by Crippen LogP contribution is 2.34. The summed E-state index contributed by atoms with van der Waals surface area (Å²) in [5.41, 5.74) is 0.863. The summed E-state index contributed by atoms with van der Waals surface area (Å²) in [5, 5.41) is 15.5. The first-order valence-electron chi connectivity index (χ1n) is 4.91. The van der Waals surface area contributed by atoms with Gasteiger partial charge in [0.1, 0.15) is 0 Å². The molecule has 0 radical (unpaired) electrons. The number of benzene rings is 1. The van der Waals surface area contributed by atoms with Gasteiger partial charge in [-0.1, -0.05) is 0 Å². The fraction of sp³-hybridized carbons (Fsp3) is 0.364. The predicted octanol–water partition coefficient (Wildman–Crippen LogP) is 2.45. The Morgan fingerprint density at radius 3 is 2.75 bits per heavy atom. The molecule has 1 aromatic carbocycles. The lowest BCUT2D eigenvalue weighted by molar-refractivity contribution is 0.317. The van der Waals surface area contributed by atoms with Crippen molar-refractivity contribution >= 4 is 22.1 Å². The second kappa shape index (κ2) is 5.75. The summed E-state index contributed by atoms with van der Waals surface area (Å²) in [6.45, 7) is 2.38. The number of aromatic hydroxyl groups is 1. The lowest BCUT2D eigenvalue weighted by atomic mass is 10.2. The van der Waals surface area contributed by atoms with Crippen LogP contribution in [-0.4, -0.2) is 37.0 Å². The highest BCUT2D eigenvalue weighted by atomic mass is 79.9. The Hall–Kier alpha value is -1.23. The van der Waals surface area contributed by atoms with E-state index in [4.69, 9.17) is 4.74 Å². The molecule has 0 heterocycles. The van der Waals surface area contributed by atoms with Crippen molar-refractivity contribution in [2.45, 2.75) is 6.92 Å². The van der Waals surface area contributed by atoms with Crippen LogP contribution >= 0.6 is 15.9 Å². The van der Waals surface area contributed by atoms with Crippen LogP contribution in [-0.2, 0) is 0 Å². The van der Waals surface area contributed by atoms with Gasteiger partial charge >= 0.3 is 0 Å². The number of hydrazone groups is 1. The van der Waals surface area contributed by atoms with E-state index < -0.39 is 0 Å². The van der Waals surface area contributed by atoms with E-state index in [1.54, 1.807) is 23.4 Å². The zero-order chi connectivity index (χ0) is 12.1. The van der Waals surface area contributed by atoms with Crippen LogP contribution in [0, 0.1) is 0 Å². The van der Waals surface area contributed by atoms with Gasteiger partial charge in [0.05, 0.1) is 17.3 Å². The highest BCUT2D eigenvalue weighted by Gasteiger charge is 2.08. The number of halogens is 1. The van der Waals surface area contributed by atoms with Crippen LogP contribution < -0.4 is 4.74 Å². The molecular weight excluding hydrogens is 272 g/mol. The monoisotopic (exact) mass is 286 g/mol. The third-order valence-corrected chi connectivity index (χ3v) is 2.39. The Morgan fingerprint density at radius 2 is 2.19 bits per heavy atom. The molecule has 0 aliphatic rings. The van der Waals surface area contributed by atoms with Gasteiger partial charge in [-0.3, -0.25) is 0 Å². The van der Waals surface area contributed by atoms with Crippen molar-refractivity contribution in [2.75, 3.05) is 20.7 Å². The van der Waals surface area contributed by atoms with Crippen molar-refractivity contribution in [3.63, 3.8) is 0 Å². The number of phenolic OH excluding ortho intramolecular Hbond substituents is 1. The Morgan fingerprint density at radius 1 is 1.50 bits per heavy atom. The average Bonchev–Trinajstić information content (AvgIpc) is 2.22. The maximum absolute atomic E-state index is 9.70. The molecule has 5 heteroatoms. The van der Waals surface area contributed by atoms with Gasteiger partial charge in [-0.25, -0.2) is 0 Å². The number of hydrogen-bond donors (Lipinski definition) is 1. The molecular formula is C11H15BrN2O2. The third kappa shape index (κ3) is 3.41. The fourth-order valence-corrected chi connectivity index (χ4v) is 1.58. The minimum Gasteiger partial charge on any atom is -0.503 e. The van der Waals surface area contributed by atoms with E-state index in [-0.39, 0.29) is 5.75 Å². The van der Waals surface area contributed by atoms with E-state index in [1.807, 2.05) is 21.0 Å². The number of nitrogens with zero attached hydrogens (tertiary/aromatic N) is 2. The van der Waals surface area contributed by atoms with Crippen molar-refractivity contribution in [3.05, 3.63) is 22.2 Å². The van der Waals surface area contributed by atoms with E-state index >= 15 is 0 Å². The van der Waals surface area contributed by atoms with Crippen LogP contribution in [0.2, 0.25) is 0 Å². The molecule has 16 heavy (non-hydrogen) atoms.